The van der Waals surface area contributed by atoms with Crippen LogP contribution in [-0.4, -0.2) is 16.7 Å². The molecule has 1 aromatic carbocycles. The quantitative estimate of drug-likeness (QED) is 0.857. The van der Waals surface area contributed by atoms with Crippen LogP contribution in [0.4, 0.5) is 4.39 Å². The molecule has 4 heteroatoms. The molecule has 0 amide bonds. The Hall–Kier alpha value is -1.84. The van der Waals surface area contributed by atoms with Gasteiger partial charge < -0.3 is 9.84 Å². The number of aliphatic hydroxyl groups excluding tert-OH is 1. The molecule has 1 aromatic rings. The summed E-state index contributed by atoms with van der Waals surface area (Å²) in [6, 6.07) is 5.00. The first-order chi connectivity index (χ1) is 9.84. The van der Waals surface area contributed by atoms with Gasteiger partial charge in [-0.15, -0.1) is 0 Å². The van der Waals surface area contributed by atoms with E-state index < -0.39 is 11.6 Å². The van der Waals surface area contributed by atoms with Gasteiger partial charge in [0.05, 0.1) is 6.08 Å². The molecule has 0 fully saturated rings. The standard InChI is InChI=1S/C17H21FO3/c1-11(2)17(10-14(19)9-16(20)21-17)8-7-13-5-4-6-15(18)12(13)3/h4-6,9,11,19H,7-8,10H2,1-3H3. The summed E-state index contributed by atoms with van der Waals surface area (Å²) in [6.07, 6.45) is 2.58. The van der Waals surface area contributed by atoms with Gasteiger partial charge in [-0.1, -0.05) is 26.0 Å². The van der Waals surface area contributed by atoms with Crippen LogP contribution >= 0.6 is 0 Å². The molecule has 3 nitrogen and oxygen atoms in total. The fourth-order valence-electron chi connectivity index (χ4n) is 2.78. The molecular formula is C17H21FO3. The molecule has 0 aromatic heterocycles. The Morgan fingerprint density at radius 1 is 1.43 bits per heavy atom. The summed E-state index contributed by atoms with van der Waals surface area (Å²) < 4.78 is 19.1. The molecule has 1 unspecified atom stereocenters. The highest BCUT2D eigenvalue weighted by Crippen LogP contribution is 2.36. The second-order valence-electron chi connectivity index (χ2n) is 5.98. The van der Waals surface area contributed by atoms with E-state index in [0.717, 1.165) is 11.6 Å². The Labute approximate surface area is 124 Å². The van der Waals surface area contributed by atoms with Crippen molar-refractivity contribution in [2.24, 2.45) is 5.92 Å². The Balaban J connectivity index is 2.20. The molecule has 1 N–H and O–H groups in total. The number of ether oxygens (including phenoxy) is 1. The molecule has 1 heterocycles. The van der Waals surface area contributed by atoms with E-state index in [1.807, 2.05) is 19.9 Å². The molecule has 1 aliphatic heterocycles. The van der Waals surface area contributed by atoms with E-state index in [0.29, 0.717) is 24.8 Å². The molecule has 1 aliphatic rings. The Bertz CT molecular complexity index is 577. The highest BCUT2D eigenvalue weighted by atomic mass is 19.1. The van der Waals surface area contributed by atoms with Crippen LogP contribution in [0.2, 0.25) is 0 Å². The third kappa shape index (κ3) is 3.26. The lowest BCUT2D eigenvalue weighted by atomic mass is 9.79. The molecule has 0 saturated heterocycles. The SMILES string of the molecule is Cc1c(F)cccc1CCC1(C(C)C)CC(O)=CC(=O)O1. The first-order valence-corrected chi connectivity index (χ1v) is 7.20. The number of benzene rings is 1. The molecule has 0 aliphatic carbocycles. The zero-order valence-corrected chi connectivity index (χ0v) is 12.6. The van der Waals surface area contributed by atoms with E-state index in [9.17, 15) is 14.3 Å². The van der Waals surface area contributed by atoms with Crippen molar-refractivity contribution >= 4 is 5.97 Å². The van der Waals surface area contributed by atoms with Crippen molar-refractivity contribution in [1.29, 1.82) is 0 Å². The third-order valence-corrected chi connectivity index (χ3v) is 4.32. The van der Waals surface area contributed by atoms with E-state index in [-0.39, 0.29) is 17.5 Å². The van der Waals surface area contributed by atoms with Crippen molar-refractivity contribution in [3.63, 3.8) is 0 Å². The average molecular weight is 292 g/mol. The number of esters is 1. The maximum atomic E-state index is 13.6. The second kappa shape index (κ2) is 5.88. The predicted molar refractivity (Wildman–Crippen MR) is 78.4 cm³/mol. The number of hydrogen-bond donors (Lipinski definition) is 1. The van der Waals surface area contributed by atoms with E-state index in [2.05, 4.69) is 0 Å². The van der Waals surface area contributed by atoms with Crippen molar-refractivity contribution in [2.75, 3.05) is 0 Å². The molecule has 2 rings (SSSR count). The summed E-state index contributed by atoms with van der Waals surface area (Å²) >= 11 is 0. The lowest BCUT2D eigenvalue weighted by Crippen LogP contribution is -2.43. The maximum absolute atomic E-state index is 13.6. The number of rotatable bonds is 4. The van der Waals surface area contributed by atoms with Crippen LogP contribution in [0.5, 0.6) is 0 Å². The number of aryl methyl sites for hydroxylation is 1. The summed E-state index contributed by atoms with van der Waals surface area (Å²) in [5, 5.41) is 9.76. The van der Waals surface area contributed by atoms with Gasteiger partial charge in [-0.2, -0.15) is 0 Å². The van der Waals surface area contributed by atoms with Crippen LogP contribution in [0.1, 0.15) is 37.8 Å². The van der Waals surface area contributed by atoms with Crippen LogP contribution in [0.3, 0.4) is 0 Å². The minimum Gasteiger partial charge on any atom is -0.512 e. The van der Waals surface area contributed by atoms with Crippen LogP contribution in [-0.2, 0) is 16.0 Å². The molecule has 21 heavy (non-hydrogen) atoms. The fraction of sp³-hybridized carbons (Fsp3) is 0.471. The summed E-state index contributed by atoms with van der Waals surface area (Å²) in [5.74, 6) is -0.625. The lowest BCUT2D eigenvalue weighted by Gasteiger charge is -2.39. The van der Waals surface area contributed by atoms with Gasteiger partial charge in [0.15, 0.2) is 0 Å². The summed E-state index contributed by atoms with van der Waals surface area (Å²) in [5.41, 5.74) is 0.799. The first kappa shape index (κ1) is 15.5. The molecular weight excluding hydrogens is 271 g/mol. The summed E-state index contributed by atoms with van der Waals surface area (Å²) in [7, 11) is 0. The smallest absolute Gasteiger partial charge is 0.334 e. The van der Waals surface area contributed by atoms with Crippen molar-refractivity contribution in [2.45, 2.75) is 45.6 Å². The Morgan fingerprint density at radius 2 is 2.14 bits per heavy atom. The van der Waals surface area contributed by atoms with E-state index >= 15 is 0 Å². The van der Waals surface area contributed by atoms with Gasteiger partial charge in [-0.05, 0) is 42.9 Å². The minimum atomic E-state index is -0.728. The number of aliphatic hydroxyl groups is 1. The molecule has 0 spiro atoms. The number of carbonyl (C=O) groups is 1. The van der Waals surface area contributed by atoms with Gasteiger partial charge in [0, 0.05) is 6.42 Å². The highest BCUT2D eigenvalue weighted by Gasteiger charge is 2.41. The highest BCUT2D eigenvalue weighted by molar-refractivity contribution is 5.83. The van der Waals surface area contributed by atoms with Gasteiger partial charge in [0.1, 0.15) is 17.2 Å². The van der Waals surface area contributed by atoms with Crippen LogP contribution < -0.4 is 0 Å². The minimum absolute atomic E-state index is 0.0518. The molecule has 0 radical (unpaired) electrons. The second-order valence-corrected chi connectivity index (χ2v) is 5.98. The third-order valence-electron chi connectivity index (χ3n) is 4.32. The number of cyclic esters (lactones) is 1. The number of carbonyl (C=O) groups excluding carboxylic acids is 1. The Kier molecular flexibility index (Phi) is 4.35. The van der Waals surface area contributed by atoms with Gasteiger partial charge in [-0.25, -0.2) is 9.18 Å². The van der Waals surface area contributed by atoms with Crippen molar-refractivity contribution in [3.05, 3.63) is 47.0 Å². The summed E-state index contributed by atoms with van der Waals surface area (Å²) in [6.45, 7) is 5.67. The molecule has 114 valence electrons. The zero-order chi connectivity index (χ0) is 15.6. The fourth-order valence-corrected chi connectivity index (χ4v) is 2.78. The normalized spacial score (nSPS) is 22.1. The van der Waals surface area contributed by atoms with Crippen LogP contribution in [0.15, 0.2) is 30.0 Å². The van der Waals surface area contributed by atoms with E-state index in [1.165, 1.54) is 6.07 Å². The van der Waals surface area contributed by atoms with Gasteiger partial charge in [0.25, 0.3) is 0 Å². The van der Waals surface area contributed by atoms with Crippen LogP contribution in [0, 0.1) is 18.7 Å². The monoisotopic (exact) mass is 292 g/mol. The zero-order valence-electron chi connectivity index (χ0n) is 12.6. The number of hydrogen-bond acceptors (Lipinski definition) is 3. The van der Waals surface area contributed by atoms with Gasteiger partial charge in [0.2, 0.25) is 0 Å². The van der Waals surface area contributed by atoms with Crippen LogP contribution in [0.25, 0.3) is 0 Å². The molecule has 0 bridgehead atoms. The maximum Gasteiger partial charge on any atom is 0.334 e. The lowest BCUT2D eigenvalue weighted by molar-refractivity contribution is -0.163. The Morgan fingerprint density at radius 3 is 2.76 bits per heavy atom. The van der Waals surface area contributed by atoms with E-state index in [1.54, 1.807) is 13.0 Å². The van der Waals surface area contributed by atoms with Gasteiger partial charge in [-0.3, -0.25) is 0 Å². The van der Waals surface area contributed by atoms with Gasteiger partial charge >= 0.3 is 5.97 Å². The molecule has 1 atom stereocenters. The number of halogens is 1. The van der Waals surface area contributed by atoms with Crippen molar-refractivity contribution in [1.82, 2.24) is 0 Å². The van der Waals surface area contributed by atoms with E-state index in [4.69, 9.17) is 4.74 Å². The largest absolute Gasteiger partial charge is 0.512 e. The topological polar surface area (TPSA) is 46.5 Å². The van der Waals surface area contributed by atoms with Crippen molar-refractivity contribution < 1.29 is 19.0 Å². The summed E-state index contributed by atoms with van der Waals surface area (Å²) in [4.78, 5) is 11.6. The first-order valence-electron chi connectivity index (χ1n) is 7.20. The molecule has 0 saturated carbocycles. The average Bonchev–Trinajstić information content (AvgIpc) is 2.39. The van der Waals surface area contributed by atoms with Crippen molar-refractivity contribution in [3.8, 4) is 0 Å². The predicted octanol–water partition coefficient (Wildman–Crippen LogP) is 3.85.